The van der Waals surface area contributed by atoms with Gasteiger partial charge in [-0.25, -0.2) is 4.98 Å². The molecule has 2 aromatic heterocycles. The zero-order chi connectivity index (χ0) is 14.5. The van der Waals surface area contributed by atoms with E-state index >= 15 is 0 Å². The number of hydrogen-bond acceptors (Lipinski definition) is 5. The zero-order valence-electron chi connectivity index (χ0n) is 12.3. The summed E-state index contributed by atoms with van der Waals surface area (Å²) in [5.41, 5.74) is 1.31. The van der Waals surface area contributed by atoms with Crippen molar-refractivity contribution in [2.45, 2.75) is 38.6 Å². The molecular weight excluding hydrogens is 282 g/mol. The van der Waals surface area contributed by atoms with Crippen molar-refractivity contribution in [2.24, 2.45) is 0 Å². The van der Waals surface area contributed by atoms with Gasteiger partial charge < -0.3 is 10.1 Å². The molecule has 0 unspecified atom stereocenters. The lowest BCUT2D eigenvalue weighted by atomic mass is 9.98. The Labute approximate surface area is 129 Å². The summed E-state index contributed by atoms with van der Waals surface area (Å²) in [5, 5.41) is 4.87. The summed E-state index contributed by atoms with van der Waals surface area (Å²) >= 11 is 1.87. The Hall–Kier alpha value is -1.46. The molecule has 3 rings (SSSR count). The van der Waals surface area contributed by atoms with Gasteiger partial charge >= 0.3 is 0 Å². The topological polar surface area (TPSA) is 47.0 Å². The molecule has 1 atom stereocenters. The van der Waals surface area contributed by atoms with Crippen molar-refractivity contribution in [1.29, 1.82) is 0 Å². The van der Waals surface area contributed by atoms with E-state index < -0.39 is 0 Å². The van der Waals surface area contributed by atoms with Gasteiger partial charge in [0.1, 0.15) is 12.4 Å². The van der Waals surface area contributed by atoms with E-state index in [2.05, 4.69) is 17.2 Å². The second-order valence-electron chi connectivity index (χ2n) is 5.21. The molecule has 5 heteroatoms. The lowest BCUT2D eigenvalue weighted by molar-refractivity contribution is 0.300. The molecule has 0 amide bonds. The van der Waals surface area contributed by atoms with Gasteiger partial charge in [-0.15, -0.1) is 11.3 Å². The van der Waals surface area contributed by atoms with E-state index in [9.17, 15) is 0 Å². The Morgan fingerprint density at radius 3 is 3.24 bits per heavy atom. The molecule has 0 bridgehead atoms. The molecule has 0 spiro atoms. The summed E-state index contributed by atoms with van der Waals surface area (Å²) in [7, 11) is 0. The van der Waals surface area contributed by atoms with Gasteiger partial charge in [-0.2, -0.15) is 0 Å². The van der Waals surface area contributed by atoms with E-state index in [-0.39, 0.29) is 0 Å². The fraction of sp³-hybridized carbons (Fsp3) is 0.500. The molecule has 1 aliphatic carbocycles. The largest absolute Gasteiger partial charge is 0.491 e. The molecule has 112 valence electrons. The van der Waals surface area contributed by atoms with E-state index in [0.717, 1.165) is 25.1 Å². The van der Waals surface area contributed by atoms with Gasteiger partial charge in [0, 0.05) is 23.7 Å². The molecule has 2 heterocycles. The molecule has 2 aromatic rings. The number of aromatic nitrogens is 2. The Kier molecular flexibility index (Phi) is 4.83. The number of rotatable bonds is 6. The van der Waals surface area contributed by atoms with Crippen molar-refractivity contribution in [3.63, 3.8) is 0 Å². The number of fused-ring (bicyclic) bond motifs is 1. The van der Waals surface area contributed by atoms with Crippen molar-refractivity contribution in [1.82, 2.24) is 15.3 Å². The van der Waals surface area contributed by atoms with Gasteiger partial charge in [0.05, 0.1) is 16.9 Å². The summed E-state index contributed by atoms with van der Waals surface area (Å²) < 4.78 is 5.67. The van der Waals surface area contributed by atoms with Gasteiger partial charge in [0.25, 0.3) is 0 Å². The van der Waals surface area contributed by atoms with Crippen LogP contribution in [0.4, 0.5) is 0 Å². The van der Waals surface area contributed by atoms with E-state index in [1.165, 1.54) is 28.4 Å². The molecule has 1 aliphatic rings. The molecule has 0 aliphatic heterocycles. The maximum atomic E-state index is 5.67. The summed E-state index contributed by atoms with van der Waals surface area (Å²) in [6, 6.07) is 4.27. The minimum absolute atomic E-state index is 0.448. The maximum absolute atomic E-state index is 5.67. The van der Waals surface area contributed by atoms with Gasteiger partial charge in [-0.05, 0) is 37.8 Å². The molecule has 0 radical (unpaired) electrons. The molecule has 0 saturated carbocycles. The quantitative estimate of drug-likeness (QED) is 0.833. The summed E-state index contributed by atoms with van der Waals surface area (Å²) in [4.78, 5) is 10.2. The third-order valence-corrected chi connectivity index (χ3v) is 5.05. The zero-order valence-corrected chi connectivity index (χ0v) is 13.2. The second kappa shape index (κ2) is 7.00. The molecular formula is C16H21N3OS. The van der Waals surface area contributed by atoms with Crippen LogP contribution in [-0.2, 0) is 12.8 Å². The average Bonchev–Trinajstić information content (AvgIpc) is 2.96. The van der Waals surface area contributed by atoms with Crippen molar-refractivity contribution in [2.75, 3.05) is 13.2 Å². The first kappa shape index (κ1) is 14.5. The molecule has 0 saturated heterocycles. The van der Waals surface area contributed by atoms with Crippen LogP contribution in [0.25, 0.3) is 0 Å². The predicted molar refractivity (Wildman–Crippen MR) is 84.9 cm³/mol. The van der Waals surface area contributed by atoms with Crippen molar-refractivity contribution < 1.29 is 4.74 Å². The third-order valence-electron chi connectivity index (χ3n) is 3.69. The number of nitrogens with zero attached hydrogens (tertiary/aromatic N) is 2. The molecule has 4 nitrogen and oxygen atoms in total. The van der Waals surface area contributed by atoms with Gasteiger partial charge in [0.2, 0.25) is 0 Å². The number of aryl methyl sites for hydroxylation is 2. The molecule has 21 heavy (non-hydrogen) atoms. The van der Waals surface area contributed by atoms with Gasteiger partial charge in [0.15, 0.2) is 0 Å². The molecule has 0 aromatic carbocycles. The number of nitrogens with one attached hydrogen (secondary N) is 1. The Morgan fingerprint density at radius 2 is 2.43 bits per heavy atom. The van der Waals surface area contributed by atoms with Crippen LogP contribution < -0.4 is 10.1 Å². The number of hydrogen-bond donors (Lipinski definition) is 1. The summed E-state index contributed by atoms with van der Waals surface area (Å²) in [6.07, 6.45) is 8.09. The average molecular weight is 303 g/mol. The van der Waals surface area contributed by atoms with Crippen LogP contribution in [0, 0.1) is 0 Å². The van der Waals surface area contributed by atoms with E-state index in [4.69, 9.17) is 9.72 Å². The first-order chi connectivity index (χ1) is 10.4. The smallest absolute Gasteiger partial charge is 0.137 e. The Morgan fingerprint density at radius 1 is 1.48 bits per heavy atom. The van der Waals surface area contributed by atoms with Gasteiger partial charge in [-0.3, -0.25) is 4.98 Å². The Bertz CT molecular complexity index is 570. The monoisotopic (exact) mass is 303 g/mol. The standard InChI is InChI=1S/C16H21N3OS/c1-2-15-19-14-7-3-6-13(16(14)21-15)18-9-10-20-12-5-4-8-17-11-12/h4-5,8,11,13,18H,2-3,6-7,9-10H2,1H3/t13-/m1/s1. The van der Waals surface area contributed by atoms with E-state index in [1.54, 1.807) is 12.4 Å². The van der Waals surface area contributed by atoms with Crippen LogP contribution in [0.3, 0.4) is 0 Å². The first-order valence-corrected chi connectivity index (χ1v) is 8.43. The highest BCUT2D eigenvalue weighted by Gasteiger charge is 2.23. The van der Waals surface area contributed by atoms with E-state index in [0.29, 0.717) is 12.6 Å². The van der Waals surface area contributed by atoms with Crippen molar-refractivity contribution >= 4 is 11.3 Å². The van der Waals surface area contributed by atoms with Crippen LogP contribution in [0.15, 0.2) is 24.5 Å². The number of ether oxygens (including phenoxy) is 1. The minimum atomic E-state index is 0.448. The van der Waals surface area contributed by atoms with Crippen molar-refractivity contribution in [3.05, 3.63) is 40.1 Å². The Balaban J connectivity index is 1.51. The van der Waals surface area contributed by atoms with Crippen LogP contribution >= 0.6 is 11.3 Å². The minimum Gasteiger partial charge on any atom is -0.491 e. The normalized spacial score (nSPS) is 17.5. The van der Waals surface area contributed by atoms with Crippen LogP contribution in [0.5, 0.6) is 5.75 Å². The van der Waals surface area contributed by atoms with Crippen LogP contribution in [-0.4, -0.2) is 23.1 Å². The maximum Gasteiger partial charge on any atom is 0.137 e. The second-order valence-corrected chi connectivity index (χ2v) is 6.32. The highest BCUT2D eigenvalue weighted by molar-refractivity contribution is 7.11. The first-order valence-electron chi connectivity index (χ1n) is 7.61. The fourth-order valence-corrected chi connectivity index (χ4v) is 3.81. The van der Waals surface area contributed by atoms with Crippen LogP contribution in [0.1, 0.15) is 41.4 Å². The highest BCUT2D eigenvalue weighted by atomic mass is 32.1. The lowest BCUT2D eigenvalue weighted by Gasteiger charge is -2.22. The summed E-state index contributed by atoms with van der Waals surface area (Å²) in [6.45, 7) is 3.68. The van der Waals surface area contributed by atoms with E-state index in [1.807, 2.05) is 23.5 Å². The van der Waals surface area contributed by atoms with Gasteiger partial charge in [-0.1, -0.05) is 6.92 Å². The van der Waals surface area contributed by atoms with Crippen LogP contribution in [0.2, 0.25) is 0 Å². The SMILES string of the molecule is CCc1nc2c(s1)[C@H](NCCOc1cccnc1)CCC2. The lowest BCUT2D eigenvalue weighted by Crippen LogP contribution is -2.28. The fourth-order valence-electron chi connectivity index (χ4n) is 2.65. The number of thiazole rings is 1. The molecule has 1 N–H and O–H groups in total. The highest BCUT2D eigenvalue weighted by Crippen LogP contribution is 2.34. The summed E-state index contributed by atoms with van der Waals surface area (Å²) in [5.74, 6) is 0.828. The predicted octanol–water partition coefficient (Wildman–Crippen LogP) is 3.15. The number of pyridine rings is 1. The van der Waals surface area contributed by atoms with Crippen molar-refractivity contribution in [3.8, 4) is 5.75 Å². The third kappa shape index (κ3) is 3.60. The molecule has 0 fully saturated rings.